The minimum absolute atomic E-state index is 0.106. The summed E-state index contributed by atoms with van der Waals surface area (Å²) in [5.74, 6) is 9.33. The van der Waals surface area contributed by atoms with Crippen LogP contribution in [0.2, 0.25) is 0 Å². The van der Waals surface area contributed by atoms with Gasteiger partial charge in [-0.1, -0.05) is 132 Å². The summed E-state index contributed by atoms with van der Waals surface area (Å²) in [6, 6.07) is 19.0. The lowest BCUT2D eigenvalue weighted by Gasteiger charge is -2.29. The quantitative estimate of drug-likeness (QED) is 0.0927. The van der Waals surface area contributed by atoms with Crippen LogP contribution in [-0.2, 0) is 47.3 Å². The van der Waals surface area contributed by atoms with Crippen molar-refractivity contribution in [2.24, 2.45) is 0 Å². The van der Waals surface area contributed by atoms with E-state index >= 15 is 0 Å². The zero-order chi connectivity index (χ0) is 45.6. The zero-order valence-electron chi connectivity index (χ0n) is 40.9. The molecule has 0 aromatic heterocycles. The second-order valence-electron chi connectivity index (χ2n) is 21.6. The highest BCUT2D eigenvalue weighted by molar-refractivity contribution is 5.60. The molecule has 5 rings (SSSR count). The van der Waals surface area contributed by atoms with Crippen LogP contribution in [0.5, 0.6) is 23.0 Å². The summed E-state index contributed by atoms with van der Waals surface area (Å²) in [5.41, 5.74) is 13.9. The maximum atomic E-state index is 6.99. The van der Waals surface area contributed by atoms with Crippen LogP contribution >= 0.6 is 0 Å². The normalized spacial score (nSPS) is 13.2. The summed E-state index contributed by atoms with van der Waals surface area (Å²) >= 11 is 0. The number of benzene rings is 4. The molecule has 0 unspecified atom stereocenters. The fraction of sp³-hybridized carbons (Fsp3) is 0.517. The number of rotatable bonds is 12. The van der Waals surface area contributed by atoms with Gasteiger partial charge in [0.2, 0.25) is 0 Å². The summed E-state index contributed by atoms with van der Waals surface area (Å²) in [7, 11) is 3.64. The molecular formula is C58H76O4. The van der Waals surface area contributed by atoms with E-state index in [4.69, 9.17) is 31.8 Å². The minimum Gasteiger partial charge on any atom is -0.496 e. The summed E-state index contributed by atoms with van der Waals surface area (Å²) in [6.45, 7) is 28.8. The van der Waals surface area contributed by atoms with E-state index in [0.29, 0.717) is 38.9 Å². The Kier molecular flexibility index (Phi) is 15.3. The molecule has 0 radical (unpaired) electrons. The first-order valence-corrected chi connectivity index (χ1v) is 22.9. The van der Waals surface area contributed by atoms with Gasteiger partial charge in [-0.15, -0.1) is 24.7 Å². The van der Waals surface area contributed by atoms with Crippen LogP contribution in [0.15, 0.2) is 48.5 Å². The van der Waals surface area contributed by atoms with Crippen molar-refractivity contribution < 1.29 is 18.9 Å². The number of methoxy groups -OCH3 is 2. The van der Waals surface area contributed by atoms with Gasteiger partial charge in [0.15, 0.2) is 0 Å². The number of hydrogen-bond donors (Lipinski definition) is 0. The highest BCUT2D eigenvalue weighted by Gasteiger charge is 2.29. The molecule has 62 heavy (non-hydrogen) atoms. The molecule has 0 saturated heterocycles. The van der Waals surface area contributed by atoms with Gasteiger partial charge in [-0.25, -0.2) is 0 Å². The molecule has 0 saturated carbocycles. The number of fused-ring (bicyclic) bond motifs is 8. The van der Waals surface area contributed by atoms with Crippen molar-refractivity contribution in [3.05, 3.63) is 115 Å². The van der Waals surface area contributed by atoms with E-state index in [0.717, 1.165) is 106 Å². The molecule has 4 nitrogen and oxygen atoms in total. The largest absolute Gasteiger partial charge is 0.496 e. The molecule has 1 aliphatic carbocycles. The van der Waals surface area contributed by atoms with Gasteiger partial charge in [0.25, 0.3) is 0 Å². The van der Waals surface area contributed by atoms with Gasteiger partial charge in [0.05, 0.1) is 27.4 Å². The second kappa shape index (κ2) is 19.7. The number of hydrogen-bond acceptors (Lipinski definition) is 4. The SMILES string of the molecule is C#CCCCCOc1c2cc(C(C)(C)C)cc1Cc1cc(C(C)(C)C)cc(c1OC)Cc1cc(C(C)(C)C)cc(c1OCCCCC#C)Cc1cc(C(C)(C)C)cc(c1OC)C2. The molecule has 0 aliphatic heterocycles. The molecule has 0 fully saturated rings. The van der Waals surface area contributed by atoms with Crippen LogP contribution in [0.25, 0.3) is 0 Å². The highest BCUT2D eigenvalue weighted by Crippen LogP contribution is 2.44. The van der Waals surface area contributed by atoms with E-state index in [-0.39, 0.29) is 21.7 Å². The van der Waals surface area contributed by atoms with Crippen LogP contribution in [0.4, 0.5) is 0 Å². The third-order valence-electron chi connectivity index (χ3n) is 12.3. The first kappa shape index (κ1) is 48.2. The Morgan fingerprint density at radius 2 is 0.613 bits per heavy atom. The molecule has 0 atom stereocenters. The molecule has 0 N–H and O–H groups in total. The minimum atomic E-state index is -0.107. The Morgan fingerprint density at radius 1 is 0.387 bits per heavy atom. The molecule has 1 aliphatic rings. The summed E-state index contributed by atoms with van der Waals surface area (Å²) in [4.78, 5) is 0. The Hall–Kier alpha value is -4.80. The van der Waals surface area contributed by atoms with Gasteiger partial charge >= 0.3 is 0 Å². The third-order valence-corrected chi connectivity index (χ3v) is 12.3. The third kappa shape index (κ3) is 11.8. The molecule has 4 aromatic carbocycles. The number of unbranched alkanes of at least 4 members (excludes halogenated alkanes) is 4. The van der Waals surface area contributed by atoms with E-state index in [1.54, 1.807) is 0 Å². The average Bonchev–Trinajstić information content (AvgIpc) is 3.17. The van der Waals surface area contributed by atoms with Gasteiger partial charge < -0.3 is 18.9 Å². The van der Waals surface area contributed by atoms with Gasteiger partial charge in [0, 0.05) is 38.5 Å². The highest BCUT2D eigenvalue weighted by atomic mass is 16.5. The van der Waals surface area contributed by atoms with Crippen molar-refractivity contribution in [3.63, 3.8) is 0 Å². The molecule has 8 bridgehead atoms. The maximum Gasteiger partial charge on any atom is 0.126 e. The first-order valence-electron chi connectivity index (χ1n) is 22.9. The van der Waals surface area contributed by atoms with Crippen molar-refractivity contribution >= 4 is 0 Å². The molecule has 4 heteroatoms. The molecule has 0 amide bonds. The monoisotopic (exact) mass is 837 g/mol. The van der Waals surface area contributed by atoms with Crippen molar-refractivity contribution in [1.82, 2.24) is 0 Å². The number of ether oxygens (including phenoxy) is 4. The van der Waals surface area contributed by atoms with Crippen LogP contribution in [0.1, 0.15) is 188 Å². The van der Waals surface area contributed by atoms with Crippen LogP contribution in [0, 0.1) is 24.7 Å². The molecule has 0 heterocycles. The number of terminal acetylenes is 2. The van der Waals surface area contributed by atoms with Gasteiger partial charge in [-0.05, 0) is 114 Å². The van der Waals surface area contributed by atoms with Crippen LogP contribution in [-0.4, -0.2) is 27.4 Å². The van der Waals surface area contributed by atoms with E-state index < -0.39 is 0 Å². The molecule has 4 aromatic rings. The van der Waals surface area contributed by atoms with Crippen molar-refractivity contribution in [1.29, 1.82) is 0 Å². The van der Waals surface area contributed by atoms with Crippen molar-refractivity contribution in [2.75, 3.05) is 27.4 Å². The second-order valence-corrected chi connectivity index (χ2v) is 21.6. The summed E-state index contributed by atoms with van der Waals surface area (Å²) in [5, 5.41) is 0. The Morgan fingerprint density at radius 3 is 0.806 bits per heavy atom. The summed E-state index contributed by atoms with van der Waals surface area (Å²) < 4.78 is 27.1. The van der Waals surface area contributed by atoms with Crippen molar-refractivity contribution in [3.8, 4) is 47.7 Å². The van der Waals surface area contributed by atoms with Crippen LogP contribution in [0.3, 0.4) is 0 Å². The van der Waals surface area contributed by atoms with E-state index in [9.17, 15) is 0 Å². The zero-order valence-corrected chi connectivity index (χ0v) is 40.9. The molecular weight excluding hydrogens is 761 g/mol. The fourth-order valence-electron chi connectivity index (χ4n) is 8.52. The Balaban J connectivity index is 1.94. The Bertz CT molecular complexity index is 2020. The molecule has 0 spiro atoms. The molecule has 332 valence electrons. The lowest BCUT2D eigenvalue weighted by atomic mass is 9.79. The van der Waals surface area contributed by atoms with E-state index in [2.05, 4.69) is 143 Å². The fourth-order valence-corrected chi connectivity index (χ4v) is 8.52. The lowest BCUT2D eigenvalue weighted by Crippen LogP contribution is -2.17. The van der Waals surface area contributed by atoms with Gasteiger partial charge in [-0.2, -0.15) is 0 Å². The van der Waals surface area contributed by atoms with Crippen LogP contribution < -0.4 is 18.9 Å². The Labute approximate surface area is 376 Å². The maximum absolute atomic E-state index is 6.99. The predicted octanol–water partition coefficient (Wildman–Crippen LogP) is 13.9. The summed E-state index contributed by atoms with van der Waals surface area (Å²) in [6.07, 6.45) is 19.0. The average molecular weight is 837 g/mol. The van der Waals surface area contributed by atoms with Gasteiger partial charge in [0.1, 0.15) is 23.0 Å². The van der Waals surface area contributed by atoms with Crippen molar-refractivity contribution in [2.45, 2.75) is 169 Å². The first-order chi connectivity index (χ1) is 29.1. The lowest BCUT2D eigenvalue weighted by molar-refractivity contribution is 0.301. The van der Waals surface area contributed by atoms with E-state index in [1.165, 1.54) is 22.3 Å². The van der Waals surface area contributed by atoms with Gasteiger partial charge in [-0.3, -0.25) is 0 Å². The standard InChI is InChI=1S/C58H76O4/c1-17-19-21-23-25-61-53-43-27-39-31-47(55(3,4)5)33-41(51(39)59-15)29-45-37-50(58(12,13)14)38-46(54(45)62-26-24-22-20-18-2)30-42-34-48(56(6,7)8)32-40(52(42)60-16)28-44(53)36-49(35-43)57(9,10)11/h1-2,31-38H,19-30H2,3-16H3. The smallest absolute Gasteiger partial charge is 0.126 e. The topological polar surface area (TPSA) is 36.9 Å². The van der Waals surface area contributed by atoms with E-state index in [1.807, 2.05) is 14.2 Å². The predicted molar refractivity (Wildman–Crippen MR) is 261 cm³/mol.